The Hall–Kier alpha value is -1.93. The second-order valence-electron chi connectivity index (χ2n) is 4.00. The molecular formula is C11H14N4O3S. The zero-order chi connectivity index (χ0) is 13.9. The largest absolute Gasteiger partial charge is 0.399 e. The van der Waals surface area contributed by atoms with Crippen LogP contribution in [0.3, 0.4) is 0 Å². The Bertz CT molecular complexity index is 653. The molecule has 0 spiro atoms. The molecule has 0 unspecified atom stereocenters. The van der Waals surface area contributed by atoms with E-state index in [0.29, 0.717) is 18.0 Å². The van der Waals surface area contributed by atoms with E-state index in [0.717, 1.165) is 5.56 Å². The molecule has 0 saturated heterocycles. The van der Waals surface area contributed by atoms with E-state index in [4.69, 9.17) is 10.3 Å². The standard InChI is InChI=1S/C11H14N4O3S/c1-8-6-9(2-3-10(8)12)19(16,17)15-5-4-11-13-7-14-18-11/h2-3,6-7,15H,4-5,12H2,1H3. The van der Waals surface area contributed by atoms with Gasteiger partial charge in [0.05, 0.1) is 4.90 Å². The normalized spacial score (nSPS) is 11.6. The van der Waals surface area contributed by atoms with Gasteiger partial charge in [0.25, 0.3) is 0 Å². The Kier molecular flexibility index (Phi) is 3.82. The Labute approximate surface area is 110 Å². The fourth-order valence-electron chi connectivity index (χ4n) is 1.50. The Morgan fingerprint density at radius 1 is 1.42 bits per heavy atom. The fraction of sp³-hybridized carbons (Fsp3) is 0.273. The van der Waals surface area contributed by atoms with Crippen molar-refractivity contribution in [1.82, 2.24) is 14.9 Å². The Balaban J connectivity index is 2.03. The fourth-order valence-corrected chi connectivity index (χ4v) is 2.61. The van der Waals surface area contributed by atoms with Crippen LogP contribution < -0.4 is 10.5 Å². The van der Waals surface area contributed by atoms with Gasteiger partial charge in [0.1, 0.15) is 0 Å². The molecule has 2 aromatic rings. The third-order valence-electron chi connectivity index (χ3n) is 2.59. The summed E-state index contributed by atoms with van der Waals surface area (Å²) >= 11 is 0. The van der Waals surface area contributed by atoms with Crippen LogP contribution in [0.25, 0.3) is 0 Å². The molecule has 0 aliphatic heterocycles. The van der Waals surface area contributed by atoms with Crippen molar-refractivity contribution in [3.05, 3.63) is 36.0 Å². The van der Waals surface area contributed by atoms with Crippen molar-refractivity contribution in [3.8, 4) is 0 Å². The molecule has 0 radical (unpaired) electrons. The second kappa shape index (κ2) is 5.37. The summed E-state index contributed by atoms with van der Waals surface area (Å²) in [7, 11) is -3.55. The predicted octanol–water partition coefficient (Wildman–Crippen LogP) is 0.481. The van der Waals surface area contributed by atoms with E-state index in [1.807, 2.05) is 0 Å². The average molecular weight is 282 g/mol. The molecular weight excluding hydrogens is 268 g/mol. The minimum atomic E-state index is -3.55. The van der Waals surface area contributed by atoms with Crippen LogP contribution in [-0.4, -0.2) is 25.1 Å². The van der Waals surface area contributed by atoms with Gasteiger partial charge < -0.3 is 10.3 Å². The van der Waals surface area contributed by atoms with Gasteiger partial charge in [0, 0.05) is 18.7 Å². The van der Waals surface area contributed by atoms with Crippen molar-refractivity contribution in [1.29, 1.82) is 0 Å². The molecule has 1 aromatic heterocycles. The highest BCUT2D eigenvalue weighted by Gasteiger charge is 2.14. The number of aromatic nitrogens is 2. The summed E-state index contributed by atoms with van der Waals surface area (Å²) in [6, 6.07) is 4.57. The molecule has 19 heavy (non-hydrogen) atoms. The molecule has 0 amide bonds. The lowest BCUT2D eigenvalue weighted by atomic mass is 10.2. The first-order valence-electron chi connectivity index (χ1n) is 5.60. The zero-order valence-electron chi connectivity index (χ0n) is 10.3. The van der Waals surface area contributed by atoms with Crippen LogP contribution in [0.5, 0.6) is 0 Å². The quantitative estimate of drug-likeness (QED) is 0.772. The van der Waals surface area contributed by atoms with Gasteiger partial charge in [-0.05, 0) is 30.7 Å². The number of aryl methyl sites for hydroxylation is 1. The highest BCUT2D eigenvalue weighted by molar-refractivity contribution is 7.89. The van der Waals surface area contributed by atoms with Gasteiger partial charge in [-0.2, -0.15) is 4.98 Å². The van der Waals surface area contributed by atoms with E-state index in [1.54, 1.807) is 13.0 Å². The molecule has 8 heteroatoms. The highest BCUT2D eigenvalue weighted by Crippen LogP contribution is 2.16. The number of nitrogens with one attached hydrogen (secondary N) is 1. The predicted molar refractivity (Wildman–Crippen MR) is 68.8 cm³/mol. The number of benzene rings is 1. The molecule has 0 aliphatic carbocycles. The van der Waals surface area contributed by atoms with Gasteiger partial charge in [-0.25, -0.2) is 13.1 Å². The maximum absolute atomic E-state index is 12.0. The molecule has 1 heterocycles. The number of sulfonamides is 1. The van der Waals surface area contributed by atoms with Gasteiger partial charge in [-0.1, -0.05) is 5.16 Å². The first-order chi connectivity index (χ1) is 8.99. The van der Waals surface area contributed by atoms with Crippen molar-refractivity contribution < 1.29 is 12.9 Å². The number of hydrogen-bond acceptors (Lipinski definition) is 6. The van der Waals surface area contributed by atoms with Gasteiger partial charge in [-0.3, -0.25) is 0 Å². The summed E-state index contributed by atoms with van der Waals surface area (Å²) in [5.74, 6) is 0.385. The van der Waals surface area contributed by atoms with Crippen molar-refractivity contribution in [2.24, 2.45) is 0 Å². The van der Waals surface area contributed by atoms with E-state index in [2.05, 4.69) is 14.9 Å². The summed E-state index contributed by atoms with van der Waals surface area (Å²) in [5.41, 5.74) is 6.94. The van der Waals surface area contributed by atoms with Crippen LogP contribution in [0, 0.1) is 6.92 Å². The van der Waals surface area contributed by atoms with Gasteiger partial charge >= 0.3 is 0 Å². The average Bonchev–Trinajstić information content (AvgIpc) is 2.85. The summed E-state index contributed by atoms with van der Waals surface area (Å²) in [4.78, 5) is 3.99. The van der Waals surface area contributed by atoms with Crippen molar-refractivity contribution in [3.63, 3.8) is 0 Å². The molecule has 0 atom stereocenters. The maximum Gasteiger partial charge on any atom is 0.240 e. The van der Waals surface area contributed by atoms with Gasteiger partial charge in [0.2, 0.25) is 15.9 Å². The van der Waals surface area contributed by atoms with Crippen LogP contribution in [-0.2, 0) is 16.4 Å². The smallest absolute Gasteiger partial charge is 0.240 e. The van der Waals surface area contributed by atoms with E-state index in [1.165, 1.54) is 18.5 Å². The molecule has 7 nitrogen and oxygen atoms in total. The number of rotatable bonds is 5. The van der Waals surface area contributed by atoms with Crippen molar-refractivity contribution >= 4 is 15.7 Å². The lowest BCUT2D eigenvalue weighted by Gasteiger charge is -2.07. The first-order valence-corrected chi connectivity index (χ1v) is 7.09. The molecule has 0 fully saturated rings. The number of anilines is 1. The summed E-state index contributed by atoms with van der Waals surface area (Å²) < 4.78 is 31.3. The van der Waals surface area contributed by atoms with Crippen LogP contribution in [0.1, 0.15) is 11.5 Å². The molecule has 0 bridgehead atoms. The van der Waals surface area contributed by atoms with Gasteiger partial charge in [0.15, 0.2) is 6.33 Å². The van der Waals surface area contributed by atoms with Crippen molar-refractivity contribution in [2.75, 3.05) is 12.3 Å². The first kappa shape index (κ1) is 13.5. The monoisotopic (exact) mass is 282 g/mol. The minimum absolute atomic E-state index is 0.185. The van der Waals surface area contributed by atoms with Crippen LogP contribution >= 0.6 is 0 Å². The van der Waals surface area contributed by atoms with Crippen LogP contribution in [0.2, 0.25) is 0 Å². The second-order valence-corrected chi connectivity index (χ2v) is 5.77. The van der Waals surface area contributed by atoms with Crippen LogP contribution in [0.15, 0.2) is 33.9 Å². The summed E-state index contributed by atoms with van der Waals surface area (Å²) in [5, 5.41) is 3.44. The van der Waals surface area contributed by atoms with E-state index in [-0.39, 0.29) is 11.4 Å². The number of nitrogen functional groups attached to an aromatic ring is 1. The Morgan fingerprint density at radius 3 is 2.84 bits per heavy atom. The minimum Gasteiger partial charge on any atom is -0.399 e. The summed E-state index contributed by atoms with van der Waals surface area (Å²) in [6.45, 7) is 1.95. The third-order valence-corrected chi connectivity index (χ3v) is 4.05. The third kappa shape index (κ3) is 3.30. The lowest BCUT2D eigenvalue weighted by molar-refractivity contribution is 0.377. The van der Waals surface area contributed by atoms with E-state index >= 15 is 0 Å². The van der Waals surface area contributed by atoms with Crippen LogP contribution in [0.4, 0.5) is 5.69 Å². The SMILES string of the molecule is Cc1cc(S(=O)(=O)NCCc2ncno2)ccc1N. The number of nitrogens with two attached hydrogens (primary N) is 1. The van der Waals surface area contributed by atoms with E-state index < -0.39 is 10.0 Å². The lowest BCUT2D eigenvalue weighted by Crippen LogP contribution is -2.26. The molecule has 0 aliphatic rings. The number of hydrogen-bond donors (Lipinski definition) is 2. The van der Waals surface area contributed by atoms with E-state index in [9.17, 15) is 8.42 Å². The van der Waals surface area contributed by atoms with Crippen molar-refractivity contribution in [2.45, 2.75) is 18.2 Å². The Morgan fingerprint density at radius 2 is 2.21 bits per heavy atom. The topological polar surface area (TPSA) is 111 Å². The molecule has 102 valence electrons. The zero-order valence-corrected chi connectivity index (χ0v) is 11.1. The molecule has 1 aromatic carbocycles. The number of nitrogens with zero attached hydrogens (tertiary/aromatic N) is 2. The molecule has 0 saturated carbocycles. The maximum atomic E-state index is 12.0. The molecule has 3 N–H and O–H groups in total. The molecule has 2 rings (SSSR count). The van der Waals surface area contributed by atoms with Gasteiger partial charge in [-0.15, -0.1) is 0 Å². The highest BCUT2D eigenvalue weighted by atomic mass is 32.2. The summed E-state index contributed by atoms with van der Waals surface area (Å²) in [6.07, 6.45) is 1.61.